The van der Waals surface area contributed by atoms with Gasteiger partial charge < -0.3 is 15.4 Å². The second-order valence-corrected chi connectivity index (χ2v) is 7.86. The van der Waals surface area contributed by atoms with Crippen molar-refractivity contribution < 1.29 is 9.53 Å². The number of carbonyl (C=O) groups is 1. The van der Waals surface area contributed by atoms with Crippen molar-refractivity contribution in [2.24, 2.45) is 0 Å². The standard InChI is InChI=1S/C21H21BrN6O2/c1-4-30-17-10-7-14(22)11-16(17)19-18(13(3)23-21-25-26-27-28(19)21)20(29)24-15-8-5-12(2)6-9-15/h5-11,19H,4H2,1-3H3,(H,24,29)(H,23,25,27). The molecule has 2 N–H and O–H groups in total. The predicted octanol–water partition coefficient (Wildman–Crippen LogP) is 4.07. The average Bonchev–Trinajstić information content (AvgIpc) is 3.18. The number of fused-ring (bicyclic) bond motifs is 1. The van der Waals surface area contributed by atoms with Crippen molar-refractivity contribution in [2.45, 2.75) is 26.8 Å². The maximum Gasteiger partial charge on any atom is 0.255 e. The Hall–Kier alpha value is -3.20. The van der Waals surface area contributed by atoms with E-state index in [1.807, 2.05) is 63.2 Å². The van der Waals surface area contributed by atoms with Gasteiger partial charge in [-0.25, -0.2) is 0 Å². The van der Waals surface area contributed by atoms with Crippen molar-refractivity contribution >= 4 is 33.5 Å². The molecule has 154 valence electrons. The SMILES string of the molecule is CCOc1ccc(Br)cc1C1C(C(=O)Nc2ccc(C)cc2)=C(C)Nc2nnnn21. The van der Waals surface area contributed by atoms with Crippen LogP contribution in [0.4, 0.5) is 11.6 Å². The normalized spacial score (nSPS) is 15.4. The molecule has 0 saturated carbocycles. The number of hydrogen-bond acceptors (Lipinski definition) is 6. The molecule has 1 aliphatic heterocycles. The molecule has 2 aromatic carbocycles. The molecule has 0 spiro atoms. The topological polar surface area (TPSA) is 94.0 Å². The first kappa shape index (κ1) is 20.1. The molecule has 0 saturated heterocycles. The fourth-order valence-corrected chi connectivity index (χ4v) is 3.83. The molecule has 3 aromatic rings. The van der Waals surface area contributed by atoms with Gasteiger partial charge in [0.1, 0.15) is 11.8 Å². The fraction of sp³-hybridized carbons (Fsp3) is 0.238. The minimum atomic E-state index is -0.555. The third kappa shape index (κ3) is 3.80. The quantitative estimate of drug-likeness (QED) is 0.585. The smallest absolute Gasteiger partial charge is 0.255 e. The van der Waals surface area contributed by atoms with Crippen molar-refractivity contribution in [1.29, 1.82) is 0 Å². The van der Waals surface area contributed by atoms with Crippen LogP contribution < -0.4 is 15.4 Å². The zero-order valence-electron chi connectivity index (χ0n) is 16.8. The van der Waals surface area contributed by atoms with Crippen LogP contribution in [-0.4, -0.2) is 32.7 Å². The molecule has 0 aliphatic carbocycles. The Morgan fingerprint density at radius 3 is 2.73 bits per heavy atom. The summed E-state index contributed by atoms with van der Waals surface area (Å²) in [7, 11) is 0. The van der Waals surface area contributed by atoms with E-state index in [-0.39, 0.29) is 5.91 Å². The van der Waals surface area contributed by atoms with E-state index in [9.17, 15) is 4.79 Å². The number of aryl methyl sites for hydroxylation is 1. The van der Waals surface area contributed by atoms with Crippen LogP contribution in [0, 0.1) is 6.92 Å². The van der Waals surface area contributed by atoms with Crippen LogP contribution in [0.2, 0.25) is 0 Å². The van der Waals surface area contributed by atoms with Gasteiger partial charge in [0.15, 0.2) is 0 Å². The number of carbonyl (C=O) groups excluding carboxylic acids is 1. The molecule has 0 radical (unpaired) electrons. The van der Waals surface area contributed by atoms with Crippen molar-refractivity contribution in [2.75, 3.05) is 17.2 Å². The number of nitrogens with zero attached hydrogens (tertiary/aromatic N) is 4. The lowest BCUT2D eigenvalue weighted by Gasteiger charge is -2.29. The van der Waals surface area contributed by atoms with Gasteiger partial charge in [0, 0.05) is 21.4 Å². The second kappa shape index (κ2) is 8.27. The van der Waals surface area contributed by atoms with Crippen molar-refractivity contribution in [3.8, 4) is 5.75 Å². The van der Waals surface area contributed by atoms with E-state index in [4.69, 9.17) is 4.74 Å². The number of nitrogens with one attached hydrogen (secondary N) is 2. The van der Waals surface area contributed by atoms with Gasteiger partial charge in [-0.2, -0.15) is 4.68 Å². The van der Waals surface area contributed by atoms with Crippen LogP contribution in [0.25, 0.3) is 0 Å². The number of benzene rings is 2. The first-order valence-corrected chi connectivity index (χ1v) is 10.3. The number of allylic oxidation sites excluding steroid dienone is 1. The zero-order valence-corrected chi connectivity index (χ0v) is 18.4. The van der Waals surface area contributed by atoms with Crippen LogP contribution in [0.1, 0.15) is 31.0 Å². The summed E-state index contributed by atoms with van der Waals surface area (Å²) < 4.78 is 8.32. The zero-order chi connectivity index (χ0) is 21.3. The maximum absolute atomic E-state index is 13.4. The van der Waals surface area contributed by atoms with Crippen LogP contribution in [-0.2, 0) is 4.79 Å². The number of anilines is 2. The van der Waals surface area contributed by atoms with Crippen LogP contribution in [0.3, 0.4) is 0 Å². The monoisotopic (exact) mass is 468 g/mol. The van der Waals surface area contributed by atoms with Crippen molar-refractivity contribution in [3.63, 3.8) is 0 Å². The van der Waals surface area contributed by atoms with Gasteiger partial charge in [-0.15, -0.1) is 0 Å². The molecular weight excluding hydrogens is 448 g/mol. The summed E-state index contributed by atoms with van der Waals surface area (Å²) in [5.74, 6) is 0.895. The number of halogens is 1. The molecule has 1 unspecified atom stereocenters. The average molecular weight is 469 g/mol. The van der Waals surface area contributed by atoms with E-state index in [0.717, 1.165) is 15.6 Å². The third-order valence-corrected chi connectivity index (χ3v) is 5.33. The molecule has 4 rings (SSSR count). The van der Waals surface area contributed by atoms with E-state index in [1.165, 1.54) is 0 Å². The number of amides is 1. The Balaban J connectivity index is 1.81. The lowest BCUT2D eigenvalue weighted by Crippen LogP contribution is -2.31. The minimum absolute atomic E-state index is 0.238. The van der Waals surface area contributed by atoms with Crippen molar-refractivity contribution in [1.82, 2.24) is 20.2 Å². The van der Waals surface area contributed by atoms with Gasteiger partial charge in [-0.1, -0.05) is 38.7 Å². The molecule has 8 nitrogen and oxygen atoms in total. The molecule has 30 heavy (non-hydrogen) atoms. The molecule has 0 bridgehead atoms. The van der Waals surface area contributed by atoms with E-state index < -0.39 is 6.04 Å². The summed E-state index contributed by atoms with van der Waals surface area (Å²) in [4.78, 5) is 13.4. The number of tetrazole rings is 1. The molecule has 1 amide bonds. The Morgan fingerprint density at radius 1 is 1.23 bits per heavy atom. The molecule has 1 atom stereocenters. The number of rotatable bonds is 5. The van der Waals surface area contributed by atoms with Gasteiger partial charge in [0.2, 0.25) is 5.95 Å². The summed E-state index contributed by atoms with van der Waals surface area (Å²) in [6, 6.07) is 12.8. The van der Waals surface area contributed by atoms with Gasteiger partial charge in [-0.3, -0.25) is 4.79 Å². The molecule has 2 heterocycles. The minimum Gasteiger partial charge on any atom is -0.494 e. The summed E-state index contributed by atoms with van der Waals surface area (Å²) in [6.07, 6.45) is 0. The van der Waals surface area contributed by atoms with Crippen molar-refractivity contribution in [3.05, 3.63) is 69.3 Å². The van der Waals surface area contributed by atoms with Gasteiger partial charge in [0.25, 0.3) is 5.91 Å². The van der Waals surface area contributed by atoms with E-state index in [0.29, 0.717) is 35.3 Å². The highest BCUT2D eigenvalue weighted by Crippen LogP contribution is 2.40. The number of aromatic nitrogens is 4. The highest BCUT2D eigenvalue weighted by molar-refractivity contribution is 9.10. The fourth-order valence-electron chi connectivity index (χ4n) is 3.45. The molecule has 1 aromatic heterocycles. The van der Waals surface area contributed by atoms with Gasteiger partial charge in [-0.05, 0) is 61.5 Å². The second-order valence-electron chi connectivity index (χ2n) is 6.95. The van der Waals surface area contributed by atoms with E-state index in [1.54, 1.807) is 4.68 Å². The van der Waals surface area contributed by atoms with Crippen LogP contribution >= 0.6 is 15.9 Å². The maximum atomic E-state index is 13.4. The molecule has 0 fully saturated rings. The Kier molecular flexibility index (Phi) is 5.54. The first-order chi connectivity index (χ1) is 14.5. The predicted molar refractivity (Wildman–Crippen MR) is 117 cm³/mol. The Morgan fingerprint density at radius 2 is 2.00 bits per heavy atom. The molecule has 9 heteroatoms. The summed E-state index contributed by atoms with van der Waals surface area (Å²) in [5, 5.41) is 18.1. The van der Waals surface area contributed by atoms with Gasteiger partial charge >= 0.3 is 0 Å². The number of hydrogen-bond donors (Lipinski definition) is 2. The first-order valence-electron chi connectivity index (χ1n) is 9.54. The Labute approximate surface area is 182 Å². The number of ether oxygens (including phenoxy) is 1. The van der Waals surface area contributed by atoms with Crippen LogP contribution in [0.5, 0.6) is 5.75 Å². The lowest BCUT2D eigenvalue weighted by atomic mass is 9.94. The summed E-state index contributed by atoms with van der Waals surface area (Å²) in [6.45, 7) is 6.26. The lowest BCUT2D eigenvalue weighted by molar-refractivity contribution is -0.113. The highest BCUT2D eigenvalue weighted by atomic mass is 79.9. The van der Waals surface area contributed by atoms with E-state index in [2.05, 4.69) is 42.1 Å². The largest absolute Gasteiger partial charge is 0.494 e. The van der Waals surface area contributed by atoms with Crippen LogP contribution in [0.15, 0.2) is 58.2 Å². The molecular formula is C21H21BrN6O2. The summed E-state index contributed by atoms with van der Waals surface area (Å²) in [5.41, 5.74) is 3.80. The Bertz CT molecular complexity index is 1120. The molecule has 1 aliphatic rings. The summed E-state index contributed by atoms with van der Waals surface area (Å²) >= 11 is 3.53. The van der Waals surface area contributed by atoms with Gasteiger partial charge in [0.05, 0.1) is 12.2 Å². The highest BCUT2D eigenvalue weighted by Gasteiger charge is 2.36. The van der Waals surface area contributed by atoms with E-state index >= 15 is 0 Å². The third-order valence-electron chi connectivity index (χ3n) is 4.83.